The van der Waals surface area contributed by atoms with Crippen molar-refractivity contribution in [1.82, 2.24) is 14.8 Å². The van der Waals surface area contributed by atoms with Gasteiger partial charge in [-0.2, -0.15) is 0 Å². The zero-order valence-electron chi connectivity index (χ0n) is 34.7. The van der Waals surface area contributed by atoms with Crippen LogP contribution in [0.25, 0.3) is 10.9 Å². The molecule has 4 aromatic carbocycles. The molecule has 1 saturated heterocycles. The number of aromatic amines is 1. The molecular formula is C47H55F4N3O3Si. The highest BCUT2D eigenvalue weighted by molar-refractivity contribution is 6.99. The minimum absolute atomic E-state index is 0.0297. The van der Waals surface area contributed by atoms with Gasteiger partial charge in [-0.3, -0.25) is 4.90 Å². The standard InChI is InChI=1S/C47H55F4N3O3Si/c1-30-23-37-36-21-15-16-22-40(36)52-42(37)43(41-38(48)24-32(25-39(41)49)31(2)33-26-53(27-33)44(55)57-45(3,4)5)54(30)28-47(50,51)29-56-58(46(6,7)8,34-17-11-9-12-18-34)35-19-13-10-14-20-35/h9-22,24-25,30-31,33,43,52H,23,26-29H2,1-8H3/t30-,31?,43-/m1/s1. The van der Waals surface area contributed by atoms with Crippen LogP contribution in [0.5, 0.6) is 0 Å². The lowest BCUT2D eigenvalue weighted by atomic mass is 9.81. The van der Waals surface area contributed by atoms with Crippen molar-refractivity contribution < 1.29 is 31.5 Å². The molecule has 308 valence electrons. The summed E-state index contributed by atoms with van der Waals surface area (Å²) in [6, 6.07) is 27.9. The third-order valence-corrected chi connectivity index (χ3v) is 17.0. The number of benzene rings is 4. The molecule has 0 radical (unpaired) electrons. The van der Waals surface area contributed by atoms with Crippen molar-refractivity contribution in [2.75, 3.05) is 26.2 Å². The summed E-state index contributed by atoms with van der Waals surface area (Å²) in [7, 11) is -3.32. The van der Waals surface area contributed by atoms with Gasteiger partial charge in [0.1, 0.15) is 17.2 Å². The van der Waals surface area contributed by atoms with Gasteiger partial charge >= 0.3 is 6.09 Å². The molecule has 6 nitrogen and oxygen atoms in total. The lowest BCUT2D eigenvalue weighted by Gasteiger charge is -2.45. The number of amides is 1. The zero-order valence-corrected chi connectivity index (χ0v) is 35.7. The van der Waals surface area contributed by atoms with Gasteiger partial charge in [0.05, 0.1) is 19.2 Å². The number of fused-ring (bicyclic) bond motifs is 3. The Bertz CT molecular complexity index is 2180. The number of nitrogens with zero attached hydrogens (tertiary/aromatic N) is 2. The Balaban J connectivity index is 1.22. The Morgan fingerprint density at radius 1 is 0.862 bits per heavy atom. The van der Waals surface area contributed by atoms with E-state index in [1.54, 1.807) is 30.6 Å². The fourth-order valence-electron chi connectivity index (χ4n) is 9.06. The molecule has 7 rings (SSSR count). The highest BCUT2D eigenvalue weighted by Crippen LogP contribution is 2.45. The van der Waals surface area contributed by atoms with Gasteiger partial charge in [0, 0.05) is 47.2 Å². The topological polar surface area (TPSA) is 57.8 Å². The van der Waals surface area contributed by atoms with E-state index in [2.05, 4.69) is 4.98 Å². The number of alkyl halides is 2. The number of ether oxygens (including phenoxy) is 1. The second-order valence-electron chi connectivity index (χ2n) is 18.3. The molecule has 1 amide bonds. The second-order valence-corrected chi connectivity index (χ2v) is 22.6. The van der Waals surface area contributed by atoms with Gasteiger partial charge in [-0.25, -0.2) is 22.4 Å². The summed E-state index contributed by atoms with van der Waals surface area (Å²) in [6.07, 6.45) is -0.00607. The van der Waals surface area contributed by atoms with Crippen molar-refractivity contribution in [3.63, 3.8) is 0 Å². The van der Waals surface area contributed by atoms with Crippen molar-refractivity contribution in [1.29, 1.82) is 0 Å². The molecule has 0 aliphatic carbocycles. The van der Waals surface area contributed by atoms with Gasteiger partial charge in [0.25, 0.3) is 14.2 Å². The first-order chi connectivity index (χ1) is 27.3. The minimum atomic E-state index is -3.41. The number of carbonyl (C=O) groups excluding carboxylic acids is 1. The Hall–Kier alpha value is -4.45. The molecule has 1 aromatic heterocycles. The van der Waals surface area contributed by atoms with E-state index in [0.29, 0.717) is 30.8 Å². The number of rotatable bonds is 10. The molecule has 5 aromatic rings. The van der Waals surface area contributed by atoms with Gasteiger partial charge in [-0.1, -0.05) is 107 Å². The van der Waals surface area contributed by atoms with E-state index >= 15 is 17.6 Å². The molecule has 1 N–H and O–H groups in total. The van der Waals surface area contributed by atoms with E-state index < -0.39 is 67.8 Å². The molecule has 2 aliphatic heterocycles. The average Bonchev–Trinajstić information content (AvgIpc) is 3.49. The number of aromatic nitrogens is 1. The molecule has 0 bridgehead atoms. The van der Waals surface area contributed by atoms with Crippen LogP contribution < -0.4 is 10.4 Å². The maximum absolute atomic E-state index is 16.9. The van der Waals surface area contributed by atoms with Crippen LogP contribution in [0.1, 0.15) is 89.7 Å². The van der Waals surface area contributed by atoms with Crippen molar-refractivity contribution in [2.45, 2.75) is 96.4 Å². The van der Waals surface area contributed by atoms with Crippen LogP contribution in [0.15, 0.2) is 97.1 Å². The Labute approximate surface area is 340 Å². The van der Waals surface area contributed by atoms with E-state index in [1.165, 1.54) is 12.1 Å². The van der Waals surface area contributed by atoms with Gasteiger partial charge in [-0.15, -0.1) is 0 Å². The fourth-order valence-corrected chi connectivity index (χ4v) is 13.6. The number of likely N-dealkylation sites (tertiary alicyclic amines) is 1. The molecule has 11 heteroatoms. The van der Waals surface area contributed by atoms with E-state index in [-0.39, 0.29) is 17.4 Å². The Morgan fingerprint density at radius 3 is 1.97 bits per heavy atom. The lowest BCUT2D eigenvalue weighted by Crippen LogP contribution is -2.67. The summed E-state index contributed by atoms with van der Waals surface area (Å²) in [5.41, 5.74) is 1.69. The Morgan fingerprint density at radius 2 is 1.41 bits per heavy atom. The normalized spacial score (nSPS) is 18.9. The molecule has 1 unspecified atom stereocenters. The summed E-state index contributed by atoms with van der Waals surface area (Å²) < 4.78 is 79.5. The van der Waals surface area contributed by atoms with Crippen molar-refractivity contribution in [3.8, 4) is 0 Å². The predicted octanol–water partition coefficient (Wildman–Crippen LogP) is 9.96. The van der Waals surface area contributed by atoms with Gasteiger partial charge in [0.15, 0.2) is 0 Å². The van der Waals surface area contributed by atoms with Crippen molar-refractivity contribution >= 4 is 35.7 Å². The highest BCUT2D eigenvalue weighted by atomic mass is 28.4. The highest BCUT2D eigenvalue weighted by Gasteiger charge is 2.53. The maximum atomic E-state index is 16.9. The van der Waals surface area contributed by atoms with Crippen LogP contribution in [0, 0.1) is 17.6 Å². The molecule has 3 heterocycles. The first-order valence-electron chi connectivity index (χ1n) is 20.2. The first-order valence-corrected chi connectivity index (χ1v) is 22.2. The molecule has 3 atom stereocenters. The van der Waals surface area contributed by atoms with Crippen LogP contribution in [-0.2, 0) is 15.6 Å². The number of nitrogens with one attached hydrogen (secondary N) is 1. The van der Waals surface area contributed by atoms with Gasteiger partial charge < -0.3 is 19.0 Å². The van der Waals surface area contributed by atoms with Gasteiger partial charge in [0.2, 0.25) is 0 Å². The Kier molecular flexibility index (Phi) is 11.2. The molecule has 0 spiro atoms. The van der Waals surface area contributed by atoms with Crippen LogP contribution in [0.2, 0.25) is 5.04 Å². The molecule has 2 aliphatic rings. The van der Waals surface area contributed by atoms with E-state index in [1.807, 2.05) is 120 Å². The molecular weight excluding hydrogens is 759 g/mol. The lowest BCUT2D eigenvalue weighted by molar-refractivity contribution is -0.0825. The third kappa shape index (κ3) is 7.97. The van der Waals surface area contributed by atoms with Gasteiger partial charge in [-0.05, 0) is 84.8 Å². The number of hydrogen-bond donors (Lipinski definition) is 1. The zero-order chi connectivity index (χ0) is 41.8. The average molecular weight is 814 g/mol. The molecule has 1 fully saturated rings. The number of carbonyl (C=O) groups is 1. The molecule has 0 saturated carbocycles. The van der Waals surface area contributed by atoms with E-state index in [4.69, 9.17) is 9.16 Å². The van der Waals surface area contributed by atoms with E-state index in [0.717, 1.165) is 26.8 Å². The predicted molar refractivity (Wildman–Crippen MR) is 225 cm³/mol. The van der Waals surface area contributed by atoms with Crippen LogP contribution in [-0.4, -0.2) is 73.0 Å². The maximum Gasteiger partial charge on any atom is 0.410 e. The van der Waals surface area contributed by atoms with Crippen LogP contribution >= 0.6 is 0 Å². The van der Waals surface area contributed by atoms with Crippen LogP contribution in [0.3, 0.4) is 0 Å². The summed E-state index contributed by atoms with van der Waals surface area (Å²) in [4.78, 5) is 19.1. The first kappa shape index (κ1) is 41.7. The SMILES string of the molecule is CC(c1cc(F)c([C@@H]2c3[nH]c4ccccc4c3C[C@@H](C)N2CC(F)(F)CO[Si](c2ccccc2)(c2ccccc2)C(C)(C)C)c(F)c1)C1CN(C(=O)OC(C)(C)C)C1. The number of halogens is 4. The molecule has 58 heavy (non-hydrogen) atoms. The van der Waals surface area contributed by atoms with Crippen LogP contribution in [0.4, 0.5) is 22.4 Å². The van der Waals surface area contributed by atoms with Crippen molar-refractivity contribution in [3.05, 3.63) is 131 Å². The largest absolute Gasteiger partial charge is 0.444 e. The smallest absolute Gasteiger partial charge is 0.410 e. The number of para-hydroxylation sites is 1. The summed E-state index contributed by atoms with van der Waals surface area (Å²) in [5, 5.41) is 2.15. The minimum Gasteiger partial charge on any atom is -0.444 e. The number of H-pyrrole nitrogens is 1. The summed E-state index contributed by atoms with van der Waals surface area (Å²) >= 11 is 0. The quantitative estimate of drug-likeness (QED) is 0.113. The monoisotopic (exact) mass is 813 g/mol. The summed E-state index contributed by atoms with van der Waals surface area (Å²) in [5.74, 6) is -5.31. The second kappa shape index (κ2) is 15.6. The third-order valence-electron chi connectivity index (χ3n) is 12.0. The fraction of sp³-hybridized carbons (Fsp3) is 0.426. The van der Waals surface area contributed by atoms with E-state index in [9.17, 15) is 4.79 Å². The summed E-state index contributed by atoms with van der Waals surface area (Å²) in [6.45, 7) is 14.4. The number of hydrogen-bond acceptors (Lipinski definition) is 4. The van der Waals surface area contributed by atoms with Crippen molar-refractivity contribution in [2.24, 2.45) is 5.92 Å².